The van der Waals surface area contributed by atoms with Crippen molar-refractivity contribution < 1.29 is 24.5 Å². The van der Waals surface area contributed by atoms with Gasteiger partial charge in [-0.15, -0.1) is 0 Å². The van der Waals surface area contributed by atoms with Gasteiger partial charge in [0.1, 0.15) is 0 Å². The molecule has 29 heavy (non-hydrogen) atoms. The predicted octanol–water partition coefficient (Wildman–Crippen LogP) is 3.43. The Balaban J connectivity index is 1.79. The molecule has 0 radical (unpaired) electrons. The first kappa shape index (κ1) is 23.8. The summed E-state index contributed by atoms with van der Waals surface area (Å²) in [4.78, 5) is 24.5. The zero-order chi connectivity index (χ0) is 21.1. The van der Waals surface area contributed by atoms with E-state index in [0.29, 0.717) is 31.7 Å². The number of carboxylic acids is 1. The first-order valence-corrected chi connectivity index (χ1v) is 11.8. The maximum Gasteiger partial charge on any atom is 0.303 e. The van der Waals surface area contributed by atoms with E-state index in [2.05, 4.69) is 0 Å². The number of rotatable bonds is 13. The summed E-state index contributed by atoms with van der Waals surface area (Å²) in [5.74, 6) is 1.48. The van der Waals surface area contributed by atoms with Crippen LogP contribution in [-0.4, -0.2) is 69.4 Å². The number of carbonyl (C=O) groups excluding carboxylic acids is 1. The molecule has 1 aliphatic rings. The molecule has 0 unspecified atom stereocenters. The van der Waals surface area contributed by atoms with Crippen molar-refractivity contribution in [3.05, 3.63) is 47.5 Å². The quantitative estimate of drug-likeness (QED) is 0.360. The number of hydrogen-bond acceptors (Lipinski definition) is 6. The molecule has 1 amide bonds. The van der Waals surface area contributed by atoms with E-state index in [0.717, 1.165) is 22.6 Å². The lowest BCUT2D eigenvalue weighted by Crippen LogP contribution is -2.34. The number of carbonyl (C=O) groups is 2. The number of aliphatic hydroxyl groups is 1. The van der Waals surface area contributed by atoms with Crippen LogP contribution in [0.4, 0.5) is 4.79 Å². The van der Waals surface area contributed by atoms with Crippen LogP contribution in [0.2, 0.25) is 0 Å². The molecule has 0 spiro atoms. The van der Waals surface area contributed by atoms with Crippen LogP contribution in [0.25, 0.3) is 0 Å². The summed E-state index contributed by atoms with van der Waals surface area (Å²) in [6.07, 6.45) is 4.44. The summed E-state index contributed by atoms with van der Waals surface area (Å²) in [6, 6.07) is 7.96. The number of aliphatic carboxylic acids is 1. The number of benzene rings is 1. The van der Waals surface area contributed by atoms with E-state index >= 15 is 0 Å². The number of carboxylic acid groups (broad SMARTS) is 1. The fourth-order valence-electron chi connectivity index (χ4n) is 3.05. The number of thioether (sulfide) groups is 2. The Bertz CT molecular complexity index is 697. The minimum absolute atomic E-state index is 0.0124. The Hall–Kier alpha value is -1.48. The van der Waals surface area contributed by atoms with Gasteiger partial charge in [-0.3, -0.25) is 9.59 Å². The van der Waals surface area contributed by atoms with E-state index in [1.807, 2.05) is 35.2 Å². The van der Waals surface area contributed by atoms with Crippen molar-refractivity contribution in [2.45, 2.75) is 38.0 Å². The molecule has 1 fully saturated rings. The van der Waals surface area contributed by atoms with E-state index in [4.69, 9.17) is 9.84 Å². The summed E-state index contributed by atoms with van der Waals surface area (Å²) in [5.41, 5.74) is 2.12. The Morgan fingerprint density at radius 1 is 1.41 bits per heavy atom. The van der Waals surface area contributed by atoms with Crippen molar-refractivity contribution in [1.29, 1.82) is 0 Å². The van der Waals surface area contributed by atoms with Crippen LogP contribution in [0.1, 0.15) is 24.0 Å². The highest BCUT2D eigenvalue weighted by atomic mass is 32.2. The highest BCUT2D eigenvalue weighted by Crippen LogP contribution is 2.25. The molecule has 2 N–H and O–H groups in total. The number of nitrogens with zero attached hydrogens (tertiary/aromatic N) is 1. The van der Waals surface area contributed by atoms with Crippen LogP contribution in [0.5, 0.6) is 0 Å². The van der Waals surface area contributed by atoms with Crippen molar-refractivity contribution in [2.24, 2.45) is 0 Å². The standard InChI is InChI=1S/C21H29NO5S2/c1-27-14-17-5-2-4-16(12-17)13-19(23)8-7-18-15-29-21(26)22(18)9-11-28-10-3-6-20(24)25/h2,4-5,7-8,12,18-19,23H,3,6,9-11,13-15H2,1H3,(H,24,25)/b8-7+/t18-,19+/m0/s1. The zero-order valence-electron chi connectivity index (χ0n) is 16.7. The molecule has 8 heteroatoms. The minimum Gasteiger partial charge on any atom is -0.481 e. The van der Waals surface area contributed by atoms with E-state index in [-0.39, 0.29) is 17.7 Å². The Morgan fingerprint density at radius 2 is 2.21 bits per heavy atom. The average Bonchev–Trinajstić information content (AvgIpc) is 3.03. The van der Waals surface area contributed by atoms with E-state index < -0.39 is 12.1 Å². The normalized spacial score (nSPS) is 17.9. The maximum absolute atomic E-state index is 12.1. The molecule has 1 aliphatic heterocycles. The van der Waals surface area contributed by atoms with Crippen LogP contribution in [0.15, 0.2) is 36.4 Å². The van der Waals surface area contributed by atoms with Crippen LogP contribution in [0, 0.1) is 0 Å². The van der Waals surface area contributed by atoms with Crippen molar-refractivity contribution in [3.8, 4) is 0 Å². The van der Waals surface area contributed by atoms with Gasteiger partial charge in [0.05, 0.1) is 18.8 Å². The largest absolute Gasteiger partial charge is 0.481 e. The number of ether oxygens (including phenoxy) is 1. The molecule has 1 heterocycles. The van der Waals surface area contributed by atoms with E-state index in [9.17, 15) is 14.7 Å². The maximum atomic E-state index is 12.1. The number of methoxy groups -OCH3 is 1. The van der Waals surface area contributed by atoms with Gasteiger partial charge in [0.25, 0.3) is 5.24 Å². The highest BCUT2D eigenvalue weighted by molar-refractivity contribution is 8.13. The fraction of sp³-hybridized carbons (Fsp3) is 0.524. The molecular weight excluding hydrogens is 410 g/mol. The monoisotopic (exact) mass is 439 g/mol. The number of aliphatic hydroxyl groups excluding tert-OH is 1. The second-order valence-corrected chi connectivity index (χ2v) is 9.05. The summed E-state index contributed by atoms with van der Waals surface area (Å²) in [7, 11) is 1.66. The van der Waals surface area contributed by atoms with Crippen LogP contribution >= 0.6 is 23.5 Å². The molecule has 2 atom stereocenters. The molecule has 160 valence electrons. The zero-order valence-corrected chi connectivity index (χ0v) is 18.3. The van der Waals surface area contributed by atoms with Gasteiger partial charge in [-0.1, -0.05) is 48.2 Å². The third kappa shape index (κ3) is 8.82. The predicted molar refractivity (Wildman–Crippen MR) is 119 cm³/mol. The Labute approximate surface area is 180 Å². The topological polar surface area (TPSA) is 87.1 Å². The lowest BCUT2D eigenvalue weighted by molar-refractivity contribution is -0.137. The minimum atomic E-state index is -0.772. The first-order valence-electron chi connectivity index (χ1n) is 9.65. The molecule has 6 nitrogen and oxygen atoms in total. The second-order valence-electron chi connectivity index (χ2n) is 6.86. The summed E-state index contributed by atoms with van der Waals surface area (Å²) < 4.78 is 5.14. The van der Waals surface area contributed by atoms with Gasteiger partial charge in [0.2, 0.25) is 0 Å². The van der Waals surface area contributed by atoms with Gasteiger partial charge >= 0.3 is 5.97 Å². The third-order valence-electron chi connectivity index (χ3n) is 4.47. The fourth-order valence-corrected chi connectivity index (χ4v) is 4.93. The highest BCUT2D eigenvalue weighted by Gasteiger charge is 2.29. The van der Waals surface area contributed by atoms with Crippen molar-refractivity contribution in [2.75, 3.05) is 30.9 Å². The van der Waals surface area contributed by atoms with Gasteiger partial charge < -0.3 is 19.8 Å². The van der Waals surface area contributed by atoms with Gasteiger partial charge in [-0.2, -0.15) is 11.8 Å². The molecular formula is C21H29NO5S2. The SMILES string of the molecule is COCc1cccc(C[C@H](O)/C=C/[C@H]2CSC(=O)N2CCSCCCC(=O)O)c1. The van der Waals surface area contributed by atoms with Crippen LogP contribution in [0.3, 0.4) is 0 Å². The molecule has 1 saturated heterocycles. The molecule has 0 saturated carbocycles. The molecule has 0 bridgehead atoms. The van der Waals surface area contributed by atoms with Crippen LogP contribution < -0.4 is 0 Å². The van der Waals surface area contributed by atoms with E-state index in [1.54, 1.807) is 24.9 Å². The molecule has 1 aromatic rings. The number of hydrogen-bond donors (Lipinski definition) is 2. The second kappa shape index (κ2) is 13.0. The van der Waals surface area contributed by atoms with E-state index in [1.165, 1.54) is 11.8 Å². The van der Waals surface area contributed by atoms with Gasteiger partial charge in [-0.05, 0) is 23.3 Å². The lowest BCUT2D eigenvalue weighted by atomic mass is 10.0. The molecule has 1 aromatic carbocycles. The Morgan fingerprint density at radius 3 is 2.97 bits per heavy atom. The molecule has 0 aromatic heterocycles. The molecule has 0 aliphatic carbocycles. The summed E-state index contributed by atoms with van der Waals surface area (Å²) in [6.45, 7) is 1.18. The number of amides is 1. The average molecular weight is 440 g/mol. The van der Waals surface area contributed by atoms with Crippen LogP contribution in [-0.2, 0) is 22.6 Å². The molecule has 2 rings (SSSR count). The summed E-state index contributed by atoms with van der Waals surface area (Å²) in [5, 5.41) is 19.1. The third-order valence-corrected chi connectivity index (χ3v) is 6.51. The van der Waals surface area contributed by atoms with Gasteiger partial charge in [-0.25, -0.2) is 0 Å². The lowest BCUT2D eigenvalue weighted by Gasteiger charge is -2.21. The van der Waals surface area contributed by atoms with Gasteiger partial charge in [0, 0.05) is 38.0 Å². The van der Waals surface area contributed by atoms with Crippen molar-refractivity contribution >= 4 is 34.7 Å². The van der Waals surface area contributed by atoms with Crippen molar-refractivity contribution in [1.82, 2.24) is 4.90 Å². The smallest absolute Gasteiger partial charge is 0.303 e. The van der Waals surface area contributed by atoms with Gasteiger partial charge in [0.15, 0.2) is 0 Å². The van der Waals surface area contributed by atoms with Crippen molar-refractivity contribution in [3.63, 3.8) is 0 Å². The Kier molecular flexibility index (Phi) is 10.6. The first-order chi connectivity index (χ1) is 14.0. The summed E-state index contributed by atoms with van der Waals surface area (Å²) >= 11 is 2.97.